The van der Waals surface area contributed by atoms with Gasteiger partial charge < -0.3 is 9.64 Å². The largest absolute Gasteiger partial charge is 0.465 e. The molecule has 0 spiro atoms. The Balaban J connectivity index is 1.68. The van der Waals surface area contributed by atoms with Gasteiger partial charge in [-0.25, -0.2) is 9.78 Å². The molecular weight excluding hydrogens is 380 g/mol. The SMILES string of the molecule is COC(=O)c1cc(Br)cnc1N1CCC(CC2CCCCC2)CC1C. The van der Waals surface area contributed by atoms with Crippen molar-refractivity contribution in [3.63, 3.8) is 0 Å². The van der Waals surface area contributed by atoms with Gasteiger partial charge in [-0.3, -0.25) is 0 Å². The molecule has 1 saturated carbocycles. The number of nitrogens with zero attached hydrogens (tertiary/aromatic N) is 2. The zero-order valence-corrected chi connectivity index (χ0v) is 16.9. The fraction of sp³-hybridized carbons (Fsp3) is 0.700. The van der Waals surface area contributed by atoms with Crippen molar-refractivity contribution in [3.8, 4) is 0 Å². The first-order valence-electron chi connectivity index (χ1n) is 9.59. The number of hydrogen-bond acceptors (Lipinski definition) is 4. The number of hydrogen-bond donors (Lipinski definition) is 0. The number of methoxy groups -OCH3 is 1. The lowest BCUT2D eigenvalue weighted by molar-refractivity contribution is 0.0600. The van der Waals surface area contributed by atoms with Gasteiger partial charge in [0.05, 0.1) is 7.11 Å². The molecule has 138 valence electrons. The van der Waals surface area contributed by atoms with Gasteiger partial charge in [0.25, 0.3) is 0 Å². The van der Waals surface area contributed by atoms with Gasteiger partial charge in [0.1, 0.15) is 11.4 Å². The third-order valence-corrected chi connectivity index (χ3v) is 6.32. The van der Waals surface area contributed by atoms with E-state index in [1.807, 2.05) is 6.07 Å². The molecule has 5 heteroatoms. The molecule has 1 aliphatic heterocycles. The molecule has 0 bridgehead atoms. The average molecular weight is 409 g/mol. The molecule has 2 heterocycles. The highest BCUT2D eigenvalue weighted by molar-refractivity contribution is 9.10. The van der Waals surface area contributed by atoms with Crippen molar-refractivity contribution in [1.82, 2.24) is 4.98 Å². The quantitative estimate of drug-likeness (QED) is 0.641. The van der Waals surface area contributed by atoms with Gasteiger partial charge in [-0.2, -0.15) is 0 Å². The van der Waals surface area contributed by atoms with E-state index in [2.05, 4.69) is 32.7 Å². The summed E-state index contributed by atoms with van der Waals surface area (Å²) in [4.78, 5) is 19.0. The van der Waals surface area contributed by atoms with Crippen LogP contribution in [-0.4, -0.2) is 30.6 Å². The van der Waals surface area contributed by atoms with Crippen LogP contribution >= 0.6 is 15.9 Å². The molecule has 2 aliphatic rings. The third-order valence-electron chi connectivity index (χ3n) is 5.89. The maximum absolute atomic E-state index is 12.2. The molecule has 4 nitrogen and oxygen atoms in total. The van der Waals surface area contributed by atoms with Crippen molar-refractivity contribution in [2.24, 2.45) is 11.8 Å². The van der Waals surface area contributed by atoms with Gasteiger partial charge in [-0.15, -0.1) is 0 Å². The van der Waals surface area contributed by atoms with Gasteiger partial charge in [0.15, 0.2) is 0 Å². The molecule has 25 heavy (non-hydrogen) atoms. The summed E-state index contributed by atoms with van der Waals surface area (Å²) in [5.74, 6) is 2.19. The Hall–Kier alpha value is -1.10. The number of halogens is 1. The summed E-state index contributed by atoms with van der Waals surface area (Å²) in [5.41, 5.74) is 0.550. The van der Waals surface area contributed by atoms with Gasteiger partial charge >= 0.3 is 5.97 Å². The second kappa shape index (κ2) is 8.52. The van der Waals surface area contributed by atoms with Crippen molar-refractivity contribution in [2.45, 2.75) is 64.3 Å². The molecule has 0 aromatic carbocycles. The monoisotopic (exact) mass is 408 g/mol. The number of aromatic nitrogens is 1. The van der Waals surface area contributed by atoms with Gasteiger partial charge in [-0.05, 0) is 60.0 Å². The van der Waals surface area contributed by atoms with Gasteiger partial charge in [-0.1, -0.05) is 32.1 Å². The first-order chi connectivity index (χ1) is 12.1. The van der Waals surface area contributed by atoms with Crippen molar-refractivity contribution in [3.05, 3.63) is 22.3 Å². The molecule has 2 fully saturated rings. The Kier molecular flexibility index (Phi) is 6.37. The number of rotatable bonds is 4. The molecule has 2 unspecified atom stereocenters. The summed E-state index contributed by atoms with van der Waals surface area (Å²) >= 11 is 3.41. The lowest BCUT2D eigenvalue weighted by Crippen LogP contribution is -2.42. The Morgan fingerprint density at radius 2 is 2.04 bits per heavy atom. The highest BCUT2D eigenvalue weighted by Gasteiger charge is 2.31. The van der Waals surface area contributed by atoms with Crippen LogP contribution in [0.5, 0.6) is 0 Å². The van der Waals surface area contributed by atoms with E-state index >= 15 is 0 Å². The minimum absolute atomic E-state index is 0.319. The van der Waals surface area contributed by atoms with Crippen molar-refractivity contribution in [1.29, 1.82) is 0 Å². The van der Waals surface area contributed by atoms with Crippen LogP contribution in [-0.2, 0) is 4.74 Å². The summed E-state index contributed by atoms with van der Waals surface area (Å²) in [6.07, 6.45) is 12.7. The zero-order valence-electron chi connectivity index (χ0n) is 15.3. The summed E-state index contributed by atoms with van der Waals surface area (Å²) in [6.45, 7) is 3.23. The topological polar surface area (TPSA) is 42.4 Å². The van der Waals surface area contributed by atoms with E-state index < -0.39 is 0 Å². The first-order valence-corrected chi connectivity index (χ1v) is 10.4. The molecule has 1 aromatic rings. The summed E-state index contributed by atoms with van der Waals surface area (Å²) in [5, 5.41) is 0. The molecule has 2 atom stereocenters. The number of esters is 1. The van der Waals surface area contributed by atoms with Crippen LogP contribution in [0.3, 0.4) is 0 Å². The van der Waals surface area contributed by atoms with Crippen molar-refractivity contribution < 1.29 is 9.53 Å². The summed E-state index contributed by atoms with van der Waals surface area (Å²) in [7, 11) is 1.42. The zero-order chi connectivity index (χ0) is 17.8. The minimum Gasteiger partial charge on any atom is -0.465 e. The Morgan fingerprint density at radius 1 is 1.28 bits per heavy atom. The summed E-state index contributed by atoms with van der Waals surface area (Å²) < 4.78 is 5.76. The normalized spacial score (nSPS) is 25.0. The molecule has 1 saturated heterocycles. The molecule has 0 radical (unpaired) electrons. The van der Waals surface area contributed by atoms with Crippen molar-refractivity contribution >= 4 is 27.7 Å². The second-order valence-electron chi connectivity index (χ2n) is 7.69. The molecule has 1 aliphatic carbocycles. The van der Waals surface area contributed by atoms with Gasteiger partial charge in [0, 0.05) is 23.3 Å². The van der Waals surface area contributed by atoms with Crippen LogP contribution in [0.25, 0.3) is 0 Å². The fourth-order valence-electron chi connectivity index (χ4n) is 4.61. The molecular formula is C20H29BrN2O2. The Bertz CT molecular complexity index is 601. The first kappa shape index (κ1) is 18.7. The van der Waals surface area contributed by atoms with Crippen molar-refractivity contribution in [2.75, 3.05) is 18.6 Å². The maximum Gasteiger partial charge on any atom is 0.341 e. The highest BCUT2D eigenvalue weighted by Crippen LogP contribution is 2.36. The van der Waals surface area contributed by atoms with Crippen LogP contribution in [0.4, 0.5) is 5.82 Å². The number of pyridine rings is 1. The van der Waals surface area contributed by atoms with E-state index in [0.717, 1.165) is 28.7 Å². The lowest BCUT2D eigenvalue weighted by Gasteiger charge is -2.40. The number of carbonyl (C=O) groups excluding carboxylic acids is 1. The van der Waals surface area contributed by atoms with Crippen LogP contribution < -0.4 is 4.90 Å². The number of piperidine rings is 1. The van der Waals surface area contributed by atoms with Gasteiger partial charge in [0.2, 0.25) is 0 Å². The molecule has 0 amide bonds. The highest BCUT2D eigenvalue weighted by atomic mass is 79.9. The smallest absolute Gasteiger partial charge is 0.341 e. The van der Waals surface area contributed by atoms with Crippen LogP contribution in [0.1, 0.15) is 68.6 Å². The molecule has 0 N–H and O–H groups in total. The van der Waals surface area contributed by atoms with E-state index in [1.54, 1.807) is 6.20 Å². The molecule has 1 aromatic heterocycles. The standard InChI is InChI=1S/C20H29BrN2O2/c1-14-10-16(11-15-6-4-3-5-7-15)8-9-23(14)19-18(20(24)25-2)12-17(21)13-22-19/h12-16H,3-11H2,1-2H3. The van der Waals surface area contributed by atoms with Crippen LogP contribution in [0.2, 0.25) is 0 Å². The third kappa shape index (κ3) is 4.55. The predicted molar refractivity (Wildman–Crippen MR) is 104 cm³/mol. The van der Waals surface area contributed by atoms with Crippen LogP contribution in [0, 0.1) is 11.8 Å². The second-order valence-corrected chi connectivity index (χ2v) is 8.60. The van der Waals surface area contributed by atoms with Crippen LogP contribution in [0.15, 0.2) is 16.7 Å². The van der Waals surface area contributed by atoms with E-state index in [-0.39, 0.29) is 5.97 Å². The Labute approximate surface area is 159 Å². The minimum atomic E-state index is -0.319. The predicted octanol–water partition coefficient (Wildman–Crippen LogP) is 5.21. The van der Waals surface area contributed by atoms with E-state index in [4.69, 9.17) is 4.74 Å². The Morgan fingerprint density at radius 3 is 2.72 bits per heavy atom. The van der Waals surface area contributed by atoms with E-state index in [1.165, 1.54) is 58.5 Å². The number of ether oxygens (including phenoxy) is 1. The lowest BCUT2D eigenvalue weighted by atomic mass is 9.78. The fourth-order valence-corrected chi connectivity index (χ4v) is 4.94. The summed E-state index contributed by atoms with van der Waals surface area (Å²) in [6, 6.07) is 2.22. The maximum atomic E-state index is 12.2. The van der Waals surface area contributed by atoms with E-state index in [0.29, 0.717) is 11.6 Å². The number of carbonyl (C=O) groups is 1. The average Bonchev–Trinajstić information content (AvgIpc) is 2.62. The number of anilines is 1. The van der Waals surface area contributed by atoms with E-state index in [9.17, 15) is 4.79 Å². The molecule has 3 rings (SSSR count).